The highest BCUT2D eigenvalue weighted by Gasteiger charge is 2.18. The third-order valence-corrected chi connectivity index (χ3v) is 3.09. The molecule has 0 radical (unpaired) electrons. The zero-order chi connectivity index (χ0) is 16.9. The van der Waals surface area contributed by atoms with Gasteiger partial charge >= 0.3 is 5.97 Å². The van der Waals surface area contributed by atoms with Gasteiger partial charge < -0.3 is 9.67 Å². The van der Waals surface area contributed by atoms with Crippen molar-refractivity contribution in [1.82, 2.24) is 14.5 Å². The lowest BCUT2D eigenvalue weighted by Gasteiger charge is -2.09. The molecule has 0 spiro atoms. The molecule has 22 heavy (non-hydrogen) atoms. The van der Waals surface area contributed by atoms with Gasteiger partial charge in [0.1, 0.15) is 17.5 Å². The van der Waals surface area contributed by atoms with Crippen LogP contribution in [0.4, 0.5) is 0 Å². The number of carboxylic acid groups (broad SMARTS) is 1. The smallest absolute Gasteiger partial charge is 0.305 e. The summed E-state index contributed by atoms with van der Waals surface area (Å²) in [6, 6.07) is 2.14. The third-order valence-electron chi connectivity index (χ3n) is 3.09. The average molecular weight is 302 g/mol. The van der Waals surface area contributed by atoms with Crippen LogP contribution in [0, 0.1) is 18.3 Å². The summed E-state index contributed by atoms with van der Waals surface area (Å²) < 4.78 is 1.72. The average Bonchev–Trinajstić information content (AvgIpc) is 2.84. The van der Waals surface area contributed by atoms with Crippen LogP contribution in [0.3, 0.4) is 0 Å². The molecule has 0 saturated heterocycles. The topological polar surface area (TPSA) is 91.8 Å². The summed E-state index contributed by atoms with van der Waals surface area (Å²) in [5.41, 5.74) is 1.96. The number of aromatic nitrogens is 3. The molecule has 118 valence electrons. The molecule has 2 aromatic rings. The number of nitriles is 1. The molecule has 0 unspecified atom stereocenters. The van der Waals surface area contributed by atoms with E-state index in [0.29, 0.717) is 23.6 Å². The van der Waals surface area contributed by atoms with Crippen molar-refractivity contribution in [3.05, 3.63) is 23.3 Å². The number of hydrogen-bond acceptors (Lipinski definition) is 4. The molecule has 0 fully saturated rings. The highest BCUT2D eigenvalue weighted by Crippen LogP contribution is 2.27. The monoisotopic (exact) mass is 302 g/mol. The predicted octanol–water partition coefficient (Wildman–Crippen LogP) is 3.24. The Hall–Kier alpha value is -2.42. The standard InChI is InChI=1S/C14H16N4O2.C2H6/c1-8(2)13-12-10(6-15)7-18(5-4-11(19)20)14(12)17-9(3)16-13;1-2/h7-8H,4-5H2,1-3H3,(H,19,20);1-2H3. The molecular weight excluding hydrogens is 280 g/mol. The molecule has 0 amide bonds. The first kappa shape index (κ1) is 17.6. The summed E-state index contributed by atoms with van der Waals surface area (Å²) in [4.78, 5) is 19.5. The molecule has 6 heteroatoms. The second kappa shape index (κ2) is 7.55. The van der Waals surface area contributed by atoms with E-state index in [4.69, 9.17) is 5.11 Å². The van der Waals surface area contributed by atoms with E-state index in [-0.39, 0.29) is 12.3 Å². The van der Waals surface area contributed by atoms with Gasteiger partial charge in [-0.1, -0.05) is 27.7 Å². The molecule has 0 aliphatic rings. The SMILES string of the molecule is CC.Cc1nc(C(C)C)c2c(C#N)cn(CCC(=O)O)c2n1. The summed E-state index contributed by atoms with van der Waals surface area (Å²) in [5.74, 6) is -0.0813. The maximum absolute atomic E-state index is 10.7. The van der Waals surface area contributed by atoms with Gasteiger partial charge in [-0.15, -0.1) is 0 Å². The van der Waals surface area contributed by atoms with Crippen LogP contribution in [-0.4, -0.2) is 25.6 Å². The van der Waals surface area contributed by atoms with E-state index < -0.39 is 5.97 Å². The number of hydrogen-bond donors (Lipinski definition) is 1. The van der Waals surface area contributed by atoms with Crippen molar-refractivity contribution in [1.29, 1.82) is 5.26 Å². The molecule has 1 N–H and O–H groups in total. The zero-order valence-electron chi connectivity index (χ0n) is 13.7. The summed E-state index contributed by atoms with van der Waals surface area (Å²) in [7, 11) is 0. The minimum absolute atomic E-state index is 0.00525. The second-order valence-corrected chi connectivity index (χ2v) is 5.00. The summed E-state index contributed by atoms with van der Waals surface area (Å²) in [6.45, 7) is 10.1. The number of carbonyl (C=O) groups is 1. The Labute approximate surface area is 130 Å². The lowest BCUT2D eigenvalue weighted by Crippen LogP contribution is -2.06. The lowest BCUT2D eigenvalue weighted by atomic mass is 10.0. The van der Waals surface area contributed by atoms with Gasteiger partial charge in [-0.3, -0.25) is 4.79 Å². The van der Waals surface area contributed by atoms with Gasteiger partial charge in [0.25, 0.3) is 0 Å². The molecule has 0 saturated carbocycles. The third kappa shape index (κ3) is 3.61. The number of fused-ring (bicyclic) bond motifs is 1. The van der Waals surface area contributed by atoms with E-state index in [2.05, 4.69) is 16.0 Å². The quantitative estimate of drug-likeness (QED) is 0.936. The fraction of sp³-hybridized carbons (Fsp3) is 0.500. The Kier molecular flexibility index (Phi) is 6.05. The van der Waals surface area contributed by atoms with Gasteiger partial charge in [-0.2, -0.15) is 5.26 Å². The molecule has 0 aromatic carbocycles. The Balaban J connectivity index is 0.00000116. The molecule has 2 heterocycles. The van der Waals surface area contributed by atoms with Crippen LogP contribution >= 0.6 is 0 Å². The second-order valence-electron chi connectivity index (χ2n) is 5.00. The Morgan fingerprint density at radius 1 is 1.41 bits per heavy atom. The molecular formula is C16H22N4O2. The van der Waals surface area contributed by atoms with Crippen LogP contribution in [0.1, 0.15) is 57.1 Å². The fourth-order valence-corrected chi connectivity index (χ4v) is 2.22. The Morgan fingerprint density at radius 2 is 2.05 bits per heavy atom. The van der Waals surface area contributed by atoms with Crippen LogP contribution in [0.25, 0.3) is 11.0 Å². The molecule has 2 rings (SSSR count). The first-order chi connectivity index (χ1) is 10.4. The first-order valence-electron chi connectivity index (χ1n) is 7.43. The first-order valence-corrected chi connectivity index (χ1v) is 7.43. The number of aryl methyl sites for hydroxylation is 2. The largest absolute Gasteiger partial charge is 0.481 e. The van der Waals surface area contributed by atoms with Crippen LogP contribution < -0.4 is 0 Å². The van der Waals surface area contributed by atoms with Gasteiger partial charge in [-0.05, 0) is 12.8 Å². The van der Waals surface area contributed by atoms with Crippen molar-refractivity contribution in [2.45, 2.75) is 53.5 Å². The van der Waals surface area contributed by atoms with Crippen molar-refractivity contribution < 1.29 is 9.90 Å². The number of rotatable bonds is 4. The number of aliphatic carboxylic acids is 1. The normalized spacial score (nSPS) is 10.2. The maximum atomic E-state index is 10.7. The highest BCUT2D eigenvalue weighted by atomic mass is 16.4. The van der Waals surface area contributed by atoms with Crippen molar-refractivity contribution in [2.24, 2.45) is 0 Å². The van der Waals surface area contributed by atoms with Crippen LogP contribution in [0.15, 0.2) is 6.20 Å². The van der Waals surface area contributed by atoms with Crippen molar-refractivity contribution in [3.8, 4) is 6.07 Å². The molecule has 0 bridgehead atoms. The lowest BCUT2D eigenvalue weighted by molar-refractivity contribution is -0.137. The fourth-order valence-electron chi connectivity index (χ4n) is 2.22. The van der Waals surface area contributed by atoms with E-state index >= 15 is 0 Å². The summed E-state index contributed by atoms with van der Waals surface area (Å²) in [6.07, 6.45) is 1.66. The molecule has 0 aliphatic carbocycles. The summed E-state index contributed by atoms with van der Waals surface area (Å²) >= 11 is 0. The van der Waals surface area contributed by atoms with Gasteiger partial charge in [0.2, 0.25) is 0 Å². The van der Waals surface area contributed by atoms with E-state index in [1.807, 2.05) is 27.7 Å². The van der Waals surface area contributed by atoms with Gasteiger partial charge in [0, 0.05) is 12.7 Å². The van der Waals surface area contributed by atoms with E-state index in [0.717, 1.165) is 11.1 Å². The molecule has 2 aromatic heterocycles. The molecule has 0 aliphatic heterocycles. The van der Waals surface area contributed by atoms with E-state index in [9.17, 15) is 10.1 Å². The molecule has 6 nitrogen and oxygen atoms in total. The van der Waals surface area contributed by atoms with Crippen molar-refractivity contribution in [2.75, 3.05) is 0 Å². The summed E-state index contributed by atoms with van der Waals surface area (Å²) in [5, 5.41) is 18.8. The van der Waals surface area contributed by atoms with Crippen LogP contribution in [0.5, 0.6) is 0 Å². The van der Waals surface area contributed by atoms with Gasteiger partial charge in [0.15, 0.2) is 0 Å². The minimum Gasteiger partial charge on any atom is -0.481 e. The number of carboxylic acids is 1. The van der Waals surface area contributed by atoms with Crippen LogP contribution in [-0.2, 0) is 11.3 Å². The minimum atomic E-state index is -0.875. The predicted molar refractivity (Wildman–Crippen MR) is 84.7 cm³/mol. The van der Waals surface area contributed by atoms with E-state index in [1.165, 1.54) is 0 Å². The van der Waals surface area contributed by atoms with Crippen molar-refractivity contribution >= 4 is 17.0 Å². The number of nitrogens with zero attached hydrogens (tertiary/aromatic N) is 4. The van der Waals surface area contributed by atoms with E-state index in [1.54, 1.807) is 17.7 Å². The van der Waals surface area contributed by atoms with Crippen molar-refractivity contribution in [3.63, 3.8) is 0 Å². The Bertz CT molecular complexity index is 711. The highest BCUT2D eigenvalue weighted by molar-refractivity contribution is 5.86. The van der Waals surface area contributed by atoms with Crippen LogP contribution in [0.2, 0.25) is 0 Å². The zero-order valence-corrected chi connectivity index (χ0v) is 13.7. The van der Waals surface area contributed by atoms with Gasteiger partial charge in [0.05, 0.1) is 23.1 Å². The maximum Gasteiger partial charge on any atom is 0.305 e. The molecule has 0 atom stereocenters. The Morgan fingerprint density at radius 3 is 2.55 bits per heavy atom. The van der Waals surface area contributed by atoms with Gasteiger partial charge in [-0.25, -0.2) is 9.97 Å².